The molecule has 5 heteroatoms. The lowest BCUT2D eigenvalue weighted by Crippen LogP contribution is -2.21. The van der Waals surface area contributed by atoms with E-state index in [1.807, 2.05) is 30.9 Å². The lowest BCUT2D eigenvalue weighted by atomic mass is 10.3. The summed E-state index contributed by atoms with van der Waals surface area (Å²) >= 11 is 7.96. The Labute approximate surface area is 113 Å². The van der Waals surface area contributed by atoms with Gasteiger partial charge in [-0.2, -0.15) is 11.8 Å². The van der Waals surface area contributed by atoms with Gasteiger partial charge >= 0.3 is 0 Å². The van der Waals surface area contributed by atoms with Gasteiger partial charge in [0, 0.05) is 20.1 Å². The van der Waals surface area contributed by atoms with Crippen molar-refractivity contribution in [3.63, 3.8) is 0 Å². The number of nitrogens with one attached hydrogen (secondary N) is 1. The molecule has 0 bridgehead atoms. The zero-order valence-electron chi connectivity index (χ0n) is 10.7. The number of thioether (sulfide) groups is 1. The monoisotopic (exact) mass is 273 g/mol. The van der Waals surface area contributed by atoms with Crippen molar-refractivity contribution in [1.82, 2.24) is 10.3 Å². The van der Waals surface area contributed by atoms with Gasteiger partial charge < -0.3 is 10.2 Å². The molecule has 0 atom stereocenters. The van der Waals surface area contributed by atoms with E-state index in [9.17, 15) is 0 Å². The number of aromatic nitrogens is 1. The maximum Gasteiger partial charge on any atom is 0.128 e. The van der Waals surface area contributed by atoms with E-state index in [1.165, 1.54) is 12.2 Å². The van der Waals surface area contributed by atoms with Crippen molar-refractivity contribution in [2.24, 2.45) is 0 Å². The highest BCUT2D eigenvalue weighted by atomic mass is 35.5. The van der Waals surface area contributed by atoms with Crippen LogP contribution in [0.15, 0.2) is 12.1 Å². The predicted octanol–water partition coefficient (Wildman–Crippen LogP) is 2.64. The molecule has 17 heavy (non-hydrogen) atoms. The van der Waals surface area contributed by atoms with Crippen LogP contribution < -0.4 is 10.2 Å². The second-order valence-corrected chi connectivity index (χ2v) is 5.29. The maximum atomic E-state index is 6.08. The van der Waals surface area contributed by atoms with Gasteiger partial charge in [-0.15, -0.1) is 0 Å². The Hall–Kier alpha value is -0.450. The first-order valence-corrected chi connectivity index (χ1v) is 7.46. The average Bonchev–Trinajstić information content (AvgIpc) is 2.32. The molecule has 1 aromatic heterocycles. The number of halogens is 1. The van der Waals surface area contributed by atoms with Crippen LogP contribution in [-0.2, 0) is 6.54 Å². The van der Waals surface area contributed by atoms with E-state index in [-0.39, 0.29) is 0 Å². The summed E-state index contributed by atoms with van der Waals surface area (Å²) in [6, 6.07) is 3.89. The first kappa shape index (κ1) is 14.6. The molecule has 0 saturated carbocycles. The Bertz CT molecular complexity index is 347. The van der Waals surface area contributed by atoms with Crippen LogP contribution in [0.5, 0.6) is 0 Å². The van der Waals surface area contributed by atoms with Crippen LogP contribution in [0.3, 0.4) is 0 Å². The lowest BCUT2D eigenvalue weighted by Gasteiger charge is -2.19. The molecule has 0 spiro atoms. The highest BCUT2D eigenvalue weighted by molar-refractivity contribution is 7.98. The van der Waals surface area contributed by atoms with Crippen LogP contribution in [0.1, 0.15) is 12.1 Å². The maximum absolute atomic E-state index is 6.08. The Kier molecular flexibility index (Phi) is 6.70. The molecule has 0 saturated heterocycles. The summed E-state index contributed by atoms with van der Waals surface area (Å²) < 4.78 is 0. The Morgan fingerprint density at radius 2 is 2.24 bits per heavy atom. The number of hydrogen-bond acceptors (Lipinski definition) is 4. The van der Waals surface area contributed by atoms with Gasteiger partial charge in [0.15, 0.2) is 0 Å². The third-order valence-corrected chi connectivity index (χ3v) is 3.52. The minimum absolute atomic E-state index is 0.700. The van der Waals surface area contributed by atoms with Crippen LogP contribution >= 0.6 is 23.4 Å². The van der Waals surface area contributed by atoms with Crippen molar-refractivity contribution in [3.05, 3.63) is 22.8 Å². The van der Waals surface area contributed by atoms with Gasteiger partial charge in [0.2, 0.25) is 0 Å². The van der Waals surface area contributed by atoms with Crippen molar-refractivity contribution >= 4 is 29.2 Å². The summed E-state index contributed by atoms with van der Waals surface area (Å²) in [5.41, 5.74) is 0.906. The van der Waals surface area contributed by atoms with Gasteiger partial charge in [0.05, 0.1) is 10.7 Å². The highest BCUT2D eigenvalue weighted by Gasteiger charge is 2.06. The molecule has 1 heterocycles. The molecule has 3 nitrogen and oxygen atoms in total. The number of hydrogen-bond donors (Lipinski definition) is 1. The topological polar surface area (TPSA) is 28.2 Å². The van der Waals surface area contributed by atoms with E-state index >= 15 is 0 Å². The second kappa shape index (κ2) is 7.80. The largest absolute Gasteiger partial charge is 0.360 e. The van der Waals surface area contributed by atoms with Crippen molar-refractivity contribution in [2.75, 3.05) is 37.5 Å². The molecule has 1 N–H and O–H groups in total. The molecule has 0 unspecified atom stereocenters. The second-order valence-electron chi connectivity index (χ2n) is 3.90. The normalized spacial score (nSPS) is 10.6. The number of anilines is 1. The first-order chi connectivity index (χ1) is 8.19. The van der Waals surface area contributed by atoms with Crippen molar-refractivity contribution < 1.29 is 0 Å². The Balaban J connectivity index is 2.66. The van der Waals surface area contributed by atoms with Gasteiger partial charge in [-0.1, -0.05) is 11.6 Å². The molecular weight excluding hydrogens is 254 g/mol. The first-order valence-electron chi connectivity index (χ1n) is 5.69. The van der Waals surface area contributed by atoms with Crippen LogP contribution in [0, 0.1) is 0 Å². The van der Waals surface area contributed by atoms with Crippen LogP contribution in [0.2, 0.25) is 5.02 Å². The minimum atomic E-state index is 0.700. The Morgan fingerprint density at radius 1 is 1.47 bits per heavy atom. The molecule has 0 aliphatic carbocycles. The van der Waals surface area contributed by atoms with E-state index in [4.69, 9.17) is 11.6 Å². The summed E-state index contributed by atoms with van der Waals surface area (Å²) in [5, 5.41) is 3.80. The lowest BCUT2D eigenvalue weighted by molar-refractivity contribution is 0.779. The summed E-state index contributed by atoms with van der Waals surface area (Å²) in [5.74, 6) is 2.17. The van der Waals surface area contributed by atoms with Gasteiger partial charge in [-0.3, -0.25) is 0 Å². The molecule has 0 amide bonds. The SMILES string of the molecule is CNCc1nc(N(C)CCCSC)ccc1Cl. The third-order valence-electron chi connectivity index (χ3n) is 2.48. The van der Waals surface area contributed by atoms with E-state index < -0.39 is 0 Å². The fourth-order valence-corrected chi connectivity index (χ4v) is 2.13. The van der Waals surface area contributed by atoms with Crippen LogP contribution in [0.4, 0.5) is 5.82 Å². The standard InChI is InChI=1S/C12H20ClN3S/c1-14-9-11-10(13)5-6-12(15-11)16(2)7-4-8-17-3/h5-6,14H,4,7-9H2,1-3H3. The van der Waals surface area contributed by atoms with Crippen LogP contribution in [0.25, 0.3) is 0 Å². The smallest absolute Gasteiger partial charge is 0.128 e. The van der Waals surface area contributed by atoms with Crippen LogP contribution in [-0.4, -0.2) is 37.6 Å². The summed E-state index contributed by atoms with van der Waals surface area (Å²) in [4.78, 5) is 6.74. The van der Waals surface area contributed by atoms with Gasteiger partial charge in [-0.25, -0.2) is 4.98 Å². The molecule has 0 aliphatic rings. The minimum Gasteiger partial charge on any atom is -0.360 e. The third kappa shape index (κ3) is 4.74. The Morgan fingerprint density at radius 3 is 2.88 bits per heavy atom. The number of rotatable bonds is 7. The van der Waals surface area contributed by atoms with E-state index in [0.717, 1.165) is 23.1 Å². The van der Waals surface area contributed by atoms with Crippen molar-refractivity contribution in [3.8, 4) is 0 Å². The molecule has 0 aliphatic heterocycles. The predicted molar refractivity (Wildman–Crippen MR) is 78.3 cm³/mol. The van der Waals surface area contributed by atoms with Crippen molar-refractivity contribution in [1.29, 1.82) is 0 Å². The molecular formula is C12H20ClN3S. The molecule has 0 fully saturated rings. The van der Waals surface area contributed by atoms with Gasteiger partial charge in [0.25, 0.3) is 0 Å². The van der Waals surface area contributed by atoms with Gasteiger partial charge in [-0.05, 0) is 37.6 Å². The van der Waals surface area contributed by atoms with E-state index in [1.54, 1.807) is 0 Å². The quantitative estimate of drug-likeness (QED) is 0.773. The van der Waals surface area contributed by atoms with Crippen molar-refractivity contribution in [2.45, 2.75) is 13.0 Å². The summed E-state index contributed by atoms with van der Waals surface area (Å²) in [6.07, 6.45) is 3.30. The zero-order valence-corrected chi connectivity index (χ0v) is 12.2. The zero-order chi connectivity index (χ0) is 12.7. The molecule has 0 radical (unpaired) electrons. The molecule has 1 rings (SSSR count). The average molecular weight is 274 g/mol. The summed E-state index contributed by atoms with van der Waals surface area (Å²) in [6.45, 7) is 1.72. The fraction of sp³-hybridized carbons (Fsp3) is 0.583. The number of nitrogens with zero attached hydrogens (tertiary/aromatic N) is 2. The van der Waals surface area contributed by atoms with E-state index in [2.05, 4.69) is 28.5 Å². The molecule has 0 aromatic carbocycles. The molecule has 96 valence electrons. The van der Waals surface area contributed by atoms with Gasteiger partial charge in [0.1, 0.15) is 5.82 Å². The highest BCUT2D eigenvalue weighted by Crippen LogP contribution is 2.18. The number of pyridine rings is 1. The van der Waals surface area contributed by atoms with E-state index in [0.29, 0.717) is 6.54 Å². The fourth-order valence-electron chi connectivity index (χ4n) is 1.54. The molecule has 1 aromatic rings. The summed E-state index contributed by atoms with van der Waals surface area (Å²) in [7, 11) is 3.96.